The molecule has 0 saturated carbocycles. The minimum Gasteiger partial charge on any atom is -0.385 e. The Morgan fingerprint density at radius 1 is 1.11 bits per heavy atom. The van der Waals surface area contributed by atoms with E-state index in [4.69, 9.17) is 5.73 Å². The zero-order chi connectivity index (χ0) is 13.8. The molecule has 2 atom stereocenters. The fourth-order valence-corrected chi connectivity index (χ4v) is 1.68. The molecule has 0 aliphatic carbocycles. The Morgan fingerprint density at radius 2 is 1.79 bits per heavy atom. The zero-order valence-corrected chi connectivity index (χ0v) is 10.9. The summed E-state index contributed by atoms with van der Waals surface area (Å²) in [4.78, 5) is 12.0. The number of aliphatic hydroxyl groups is 1. The van der Waals surface area contributed by atoms with E-state index in [9.17, 15) is 5.11 Å². The standard InChI is InChI=1S/C13H17N5O/c1-8(10-6-4-3-5-7-10)15-13-17-11(9(2)19)16-12(14)18-13/h3-9,19H,1-2H3,(H3,14,15,16,17,18). The normalized spacial score (nSPS) is 13.8. The van der Waals surface area contributed by atoms with Crippen LogP contribution >= 0.6 is 0 Å². The number of nitrogens with two attached hydrogens (primary N) is 1. The average molecular weight is 259 g/mol. The number of anilines is 2. The number of rotatable bonds is 4. The van der Waals surface area contributed by atoms with Crippen molar-refractivity contribution in [1.82, 2.24) is 15.0 Å². The molecule has 2 rings (SSSR count). The van der Waals surface area contributed by atoms with E-state index in [2.05, 4.69) is 20.3 Å². The van der Waals surface area contributed by atoms with Crippen LogP contribution < -0.4 is 11.1 Å². The Labute approximate surface area is 111 Å². The molecule has 0 spiro atoms. The quantitative estimate of drug-likeness (QED) is 0.773. The molecular formula is C13H17N5O. The second kappa shape index (κ2) is 5.62. The van der Waals surface area contributed by atoms with E-state index in [0.29, 0.717) is 5.95 Å². The van der Waals surface area contributed by atoms with Gasteiger partial charge in [0.25, 0.3) is 0 Å². The maximum atomic E-state index is 9.49. The van der Waals surface area contributed by atoms with Gasteiger partial charge in [0, 0.05) is 0 Å². The van der Waals surface area contributed by atoms with Crippen LogP contribution in [0.4, 0.5) is 11.9 Å². The number of nitrogen functional groups attached to an aromatic ring is 1. The summed E-state index contributed by atoms with van der Waals surface area (Å²) in [7, 11) is 0. The first-order valence-electron chi connectivity index (χ1n) is 6.07. The highest BCUT2D eigenvalue weighted by Crippen LogP contribution is 2.17. The zero-order valence-electron chi connectivity index (χ0n) is 10.9. The van der Waals surface area contributed by atoms with Crippen LogP contribution in [0.2, 0.25) is 0 Å². The summed E-state index contributed by atoms with van der Waals surface area (Å²) in [6, 6.07) is 9.95. The largest absolute Gasteiger partial charge is 0.385 e. The molecule has 19 heavy (non-hydrogen) atoms. The van der Waals surface area contributed by atoms with Crippen molar-refractivity contribution < 1.29 is 5.11 Å². The van der Waals surface area contributed by atoms with E-state index in [0.717, 1.165) is 5.56 Å². The summed E-state index contributed by atoms with van der Waals surface area (Å²) in [6.45, 7) is 3.58. The number of aromatic nitrogens is 3. The third-order valence-electron chi connectivity index (χ3n) is 2.69. The van der Waals surface area contributed by atoms with Crippen molar-refractivity contribution in [2.24, 2.45) is 0 Å². The molecule has 2 unspecified atom stereocenters. The van der Waals surface area contributed by atoms with Gasteiger partial charge in [-0.3, -0.25) is 0 Å². The summed E-state index contributed by atoms with van der Waals surface area (Å²) >= 11 is 0. The Bertz CT molecular complexity index is 544. The van der Waals surface area contributed by atoms with Gasteiger partial charge in [0.15, 0.2) is 5.82 Å². The van der Waals surface area contributed by atoms with Gasteiger partial charge >= 0.3 is 0 Å². The minimum absolute atomic E-state index is 0.0323. The summed E-state index contributed by atoms with van der Waals surface area (Å²) in [5, 5.41) is 12.6. The second-order valence-electron chi connectivity index (χ2n) is 4.33. The van der Waals surface area contributed by atoms with Crippen LogP contribution in [0.5, 0.6) is 0 Å². The number of aliphatic hydroxyl groups excluding tert-OH is 1. The van der Waals surface area contributed by atoms with Gasteiger partial charge in [-0.25, -0.2) is 0 Å². The highest BCUT2D eigenvalue weighted by molar-refractivity contribution is 5.35. The third kappa shape index (κ3) is 3.38. The predicted molar refractivity (Wildman–Crippen MR) is 73.4 cm³/mol. The molecule has 0 fully saturated rings. The SMILES string of the molecule is CC(O)c1nc(N)nc(NC(C)c2ccccc2)n1. The molecule has 6 heteroatoms. The Hall–Kier alpha value is -2.21. The molecule has 1 aromatic carbocycles. The van der Waals surface area contributed by atoms with Crippen molar-refractivity contribution >= 4 is 11.9 Å². The van der Waals surface area contributed by atoms with Gasteiger partial charge in [-0.1, -0.05) is 30.3 Å². The van der Waals surface area contributed by atoms with Crippen LogP contribution in [0.15, 0.2) is 30.3 Å². The molecule has 0 radical (unpaired) electrons. The van der Waals surface area contributed by atoms with E-state index in [1.54, 1.807) is 6.92 Å². The van der Waals surface area contributed by atoms with Crippen LogP contribution in [0.1, 0.15) is 37.4 Å². The number of benzene rings is 1. The summed E-state index contributed by atoms with van der Waals surface area (Å²) in [5.41, 5.74) is 6.71. The number of nitrogens with one attached hydrogen (secondary N) is 1. The molecular weight excluding hydrogens is 242 g/mol. The Balaban J connectivity index is 2.19. The van der Waals surface area contributed by atoms with E-state index >= 15 is 0 Å². The number of nitrogens with zero attached hydrogens (tertiary/aromatic N) is 3. The van der Waals surface area contributed by atoms with Gasteiger partial charge in [0.2, 0.25) is 11.9 Å². The highest BCUT2D eigenvalue weighted by atomic mass is 16.3. The van der Waals surface area contributed by atoms with Crippen molar-refractivity contribution in [3.05, 3.63) is 41.7 Å². The first-order valence-corrected chi connectivity index (χ1v) is 6.07. The van der Waals surface area contributed by atoms with Gasteiger partial charge in [0.05, 0.1) is 6.04 Å². The van der Waals surface area contributed by atoms with Crippen LogP contribution in [0.3, 0.4) is 0 Å². The van der Waals surface area contributed by atoms with E-state index in [-0.39, 0.29) is 17.8 Å². The second-order valence-corrected chi connectivity index (χ2v) is 4.33. The van der Waals surface area contributed by atoms with Crippen LogP contribution in [0.25, 0.3) is 0 Å². The topological polar surface area (TPSA) is 97.0 Å². The van der Waals surface area contributed by atoms with Gasteiger partial charge in [0.1, 0.15) is 6.10 Å². The van der Waals surface area contributed by atoms with Crippen LogP contribution in [-0.4, -0.2) is 20.1 Å². The molecule has 0 aliphatic rings. The van der Waals surface area contributed by atoms with Crippen molar-refractivity contribution in [3.8, 4) is 0 Å². The molecule has 4 N–H and O–H groups in total. The average Bonchev–Trinajstić information content (AvgIpc) is 2.39. The first-order chi connectivity index (χ1) is 9.06. The van der Waals surface area contributed by atoms with Crippen LogP contribution in [0, 0.1) is 0 Å². The molecule has 0 aliphatic heterocycles. The third-order valence-corrected chi connectivity index (χ3v) is 2.69. The number of hydrogen-bond acceptors (Lipinski definition) is 6. The lowest BCUT2D eigenvalue weighted by molar-refractivity contribution is 0.189. The van der Waals surface area contributed by atoms with E-state index < -0.39 is 6.10 Å². The van der Waals surface area contributed by atoms with Crippen molar-refractivity contribution in [2.45, 2.75) is 26.0 Å². The lowest BCUT2D eigenvalue weighted by Crippen LogP contribution is -2.13. The molecule has 100 valence electrons. The predicted octanol–water partition coefficient (Wildman–Crippen LogP) is 1.68. The van der Waals surface area contributed by atoms with Gasteiger partial charge in [-0.15, -0.1) is 0 Å². The monoisotopic (exact) mass is 259 g/mol. The van der Waals surface area contributed by atoms with Gasteiger partial charge < -0.3 is 16.2 Å². The summed E-state index contributed by atoms with van der Waals surface area (Å²) in [5.74, 6) is 0.712. The van der Waals surface area contributed by atoms with E-state index in [1.165, 1.54) is 0 Å². The Morgan fingerprint density at radius 3 is 2.42 bits per heavy atom. The molecule has 6 nitrogen and oxygen atoms in total. The summed E-state index contributed by atoms with van der Waals surface area (Å²) in [6.07, 6.45) is -0.780. The van der Waals surface area contributed by atoms with Gasteiger partial charge in [-0.05, 0) is 19.4 Å². The smallest absolute Gasteiger partial charge is 0.228 e. The maximum Gasteiger partial charge on any atom is 0.228 e. The summed E-state index contributed by atoms with van der Waals surface area (Å²) < 4.78 is 0. The number of hydrogen-bond donors (Lipinski definition) is 3. The van der Waals surface area contributed by atoms with Gasteiger partial charge in [-0.2, -0.15) is 15.0 Å². The molecule has 0 bridgehead atoms. The maximum absolute atomic E-state index is 9.49. The van der Waals surface area contributed by atoms with Crippen molar-refractivity contribution in [2.75, 3.05) is 11.1 Å². The molecule has 0 saturated heterocycles. The molecule has 1 heterocycles. The highest BCUT2D eigenvalue weighted by Gasteiger charge is 2.11. The lowest BCUT2D eigenvalue weighted by Gasteiger charge is -2.15. The fraction of sp³-hybridized carbons (Fsp3) is 0.308. The fourth-order valence-electron chi connectivity index (χ4n) is 1.68. The lowest BCUT2D eigenvalue weighted by atomic mass is 10.1. The van der Waals surface area contributed by atoms with Crippen molar-refractivity contribution in [3.63, 3.8) is 0 Å². The first kappa shape index (κ1) is 13.2. The van der Waals surface area contributed by atoms with Crippen molar-refractivity contribution in [1.29, 1.82) is 0 Å². The Kier molecular flexibility index (Phi) is 3.91. The van der Waals surface area contributed by atoms with Crippen LogP contribution in [-0.2, 0) is 0 Å². The molecule has 1 aromatic heterocycles. The molecule has 0 amide bonds. The molecule has 2 aromatic rings. The van der Waals surface area contributed by atoms with E-state index in [1.807, 2.05) is 37.3 Å². The minimum atomic E-state index is -0.780.